The van der Waals surface area contributed by atoms with Gasteiger partial charge in [-0.05, 0) is 40.9 Å². The van der Waals surface area contributed by atoms with Gasteiger partial charge in [-0.2, -0.15) is 0 Å². The molecule has 0 spiro atoms. The Morgan fingerprint density at radius 1 is 1.36 bits per heavy atom. The predicted molar refractivity (Wildman–Crippen MR) is 49.7 cm³/mol. The molecule has 0 atom stereocenters. The molecule has 2 heteroatoms. The summed E-state index contributed by atoms with van der Waals surface area (Å²) in [6, 6.07) is 4.00. The molecular formula is C9H13BrO. The van der Waals surface area contributed by atoms with Crippen LogP contribution in [-0.2, 0) is 0 Å². The van der Waals surface area contributed by atoms with Crippen LogP contribution in [0.4, 0.5) is 0 Å². The van der Waals surface area contributed by atoms with Gasteiger partial charge >= 0.3 is 0 Å². The first-order valence-electron chi connectivity index (χ1n) is 4.03. The van der Waals surface area contributed by atoms with Gasteiger partial charge in [0.15, 0.2) is 4.67 Å². The van der Waals surface area contributed by atoms with E-state index in [2.05, 4.69) is 29.8 Å². The topological polar surface area (TPSA) is 13.1 Å². The summed E-state index contributed by atoms with van der Waals surface area (Å²) in [6.07, 6.45) is 2.30. The Hall–Kier alpha value is -0.240. The van der Waals surface area contributed by atoms with Gasteiger partial charge in [0.1, 0.15) is 5.76 Å². The third-order valence-corrected chi connectivity index (χ3v) is 2.41. The molecule has 0 bridgehead atoms. The smallest absolute Gasteiger partial charge is 0.169 e. The summed E-state index contributed by atoms with van der Waals surface area (Å²) < 4.78 is 6.28. The van der Waals surface area contributed by atoms with E-state index in [-0.39, 0.29) is 0 Å². The van der Waals surface area contributed by atoms with Gasteiger partial charge in [-0.3, -0.25) is 0 Å². The van der Waals surface area contributed by atoms with E-state index in [4.69, 9.17) is 4.42 Å². The van der Waals surface area contributed by atoms with E-state index in [0.29, 0.717) is 5.92 Å². The van der Waals surface area contributed by atoms with Crippen molar-refractivity contribution in [3.8, 4) is 0 Å². The molecule has 0 aromatic carbocycles. The summed E-state index contributed by atoms with van der Waals surface area (Å²) in [7, 11) is 0. The molecule has 1 nitrogen and oxygen atoms in total. The van der Waals surface area contributed by atoms with Crippen LogP contribution in [0.25, 0.3) is 0 Å². The van der Waals surface area contributed by atoms with Gasteiger partial charge in [0.05, 0.1) is 0 Å². The van der Waals surface area contributed by atoms with E-state index < -0.39 is 0 Å². The highest BCUT2D eigenvalue weighted by molar-refractivity contribution is 9.10. The lowest BCUT2D eigenvalue weighted by molar-refractivity contribution is 0.433. The molecule has 0 unspecified atom stereocenters. The first kappa shape index (κ1) is 8.85. The second kappa shape index (κ2) is 3.96. The van der Waals surface area contributed by atoms with Crippen molar-refractivity contribution in [2.45, 2.75) is 32.6 Å². The average molecular weight is 217 g/mol. The molecule has 0 aliphatic heterocycles. The van der Waals surface area contributed by atoms with Crippen LogP contribution in [0.3, 0.4) is 0 Å². The van der Waals surface area contributed by atoms with Crippen LogP contribution in [0, 0.1) is 0 Å². The molecular weight excluding hydrogens is 204 g/mol. The SMILES string of the molecule is CCC(CC)c1ccc(Br)o1. The Balaban J connectivity index is 2.73. The number of halogens is 1. The van der Waals surface area contributed by atoms with Crippen LogP contribution in [0.2, 0.25) is 0 Å². The highest BCUT2D eigenvalue weighted by Crippen LogP contribution is 2.26. The van der Waals surface area contributed by atoms with E-state index in [0.717, 1.165) is 23.3 Å². The molecule has 0 N–H and O–H groups in total. The van der Waals surface area contributed by atoms with Crippen LogP contribution in [0.1, 0.15) is 38.4 Å². The fourth-order valence-electron chi connectivity index (χ4n) is 1.24. The van der Waals surface area contributed by atoms with Crippen molar-refractivity contribution >= 4 is 15.9 Å². The summed E-state index contributed by atoms with van der Waals surface area (Å²) in [6.45, 7) is 4.37. The Bertz CT molecular complexity index is 213. The molecule has 0 saturated carbocycles. The van der Waals surface area contributed by atoms with Gasteiger partial charge in [0.2, 0.25) is 0 Å². The van der Waals surface area contributed by atoms with Gasteiger partial charge < -0.3 is 4.42 Å². The lowest BCUT2D eigenvalue weighted by atomic mass is 10.0. The van der Waals surface area contributed by atoms with Crippen LogP contribution in [-0.4, -0.2) is 0 Å². The molecule has 0 amide bonds. The normalized spacial score (nSPS) is 10.9. The Morgan fingerprint density at radius 2 is 2.00 bits per heavy atom. The van der Waals surface area contributed by atoms with Crippen LogP contribution in [0.15, 0.2) is 21.2 Å². The first-order chi connectivity index (χ1) is 5.27. The Kier molecular flexibility index (Phi) is 3.18. The minimum absolute atomic E-state index is 0.585. The van der Waals surface area contributed by atoms with E-state index in [1.807, 2.05) is 12.1 Å². The van der Waals surface area contributed by atoms with Crippen molar-refractivity contribution in [3.63, 3.8) is 0 Å². The molecule has 11 heavy (non-hydrogen) atoms. The maximum absolute atomic E-state index is 5.44. The van der Waals surface area contributed by atoms with Crippen molar-refractivity contribution in [1.29, 1.82) is 0 Å². The zero-order valence-corrected chi connectivity index (χ0v) is 8.52. The third kappa shape index (κ3) is 2.09. The molecule has 1 aromatic heterocycles. The Labute approximate surface area is 75.9 Å². The van der Waals surface area contributed by atoms with Gasteiger partial charge in [-0.1, -0.05) is 13.8 Å². The number of rotatable bonds is 3. The molecule has 0 fully saturated rings. The molecule has 62 valence electrons. The highest BCUT2D eigenvalue weighted by Gasteiger charge is 2.10. The largest absolute Gasteiger partial charge is 0.454 e. The maximum atomic E-state index is 5.44. The van der Waals surface area contributed by atoms with Crippen LogP contribution < -0.4 is 0 Å². The lowest BCUT2D eigenvalue weighted by Crippen LogP contribution is -1.91. The highest BCUT2D eigenvalue weighted by atomic mass is 79.9. The maximum Gasteiger partial charge on any atom is 0.169 e. The summed E-state index contributed by atoms with van der Waals surface area (Å²) in [5.74, 6) is 1.68. The molecule has 1 rings (SSSR count). The van der Waals surface area contributed by atoms with Crippen molar-refractivity contribution in [1.82, 2.24) is 0 Å². The van der Waals surface area contributed by atoms with E-state index in [1.165, 1.54) is 0 Å². The molecule has 0 aliphatic rings. The molecule has 0 saturated heterocycles. The van der Waals surface area contributed by atoms with E-state index >= 15 is 0 Å². The fourth-order valence-corrected chi connectivity index (χ4v) is 1.56. The standard InChI is InChI=1S/C9H13BrO/c1-3-7(4-2)8-5-6-9(10)11-8/h5-7H,3-4H2,1-2H3. The quantitative estimate of drug-likeness (QED) is 0.747. The number of hydrogen-bond acceptors (Lipinski definition) is 1. The average Bonchev–Trinajstić information content (AvgIpc) is 2.39. The van der Waals surface area contributed by atoms with Crippen molar-refractivity contribution in [3.05, 3.63) is 22.6 Å². The minimum atomic E-state index is 0.585. The minimum Gasteiger partial charge on any atom is -0.454 e. The first-order valence-corrected chi connectivity index (χ1v) is 4.82. The Morgan fingerprint density at radius 3 is 2.36 bits per heavy atom. The van der Waals surface area contributed by atoms with Crippen LogP contribution >= 0.6 is 15.9 Å². The van der Waals surface area contributed by atoms with Gasteiger partial charge in [0, 0.05) is 5.92 Å². The summed E-state index contributed by atoms with van der Waals surface area (Å²) in [4.78, 5) is 0. The number of furan rings is 1. The monoisotopic (exact) mass is 216 g/mol. The summed E-state index contributed by atoms with van der Waals surface area (Å²) in [5, 5.41) is 0. The van der Waals surface area contributed by atoms with Gasteiger partial charge in [-0.25, -0.2) is 0 Å². The van der Waals surface area contributed by atoms with Gasteiger partial charge in [0.25, 0.3) is 0 Å². The van der Waals surface area contributed by atoms with Crippen molar-refractivity contribution in [2.75, 3.05) is 0 Å². The van der Waals surface area contributed by atoms with Crippen molar-refractivity contribution < 1.29 is 4.42 Å². The van der Waals surface area contributed by atoms with E-state index in [9.17, 15) is 0 Å². The van der Waals surface area contributed by atoms with Gasteiger partial charge in [-0.15, -0.1) is 0 Å². The summed E-state index contributed by atoms with van der Waals surface area (Å²) in [5.41, 5.74) is 0. The third-order valence-electron chi connectivity index (χ3n) is 1.98. The number of hydrogen-bond donors (Lipinski definition) is 0. The molecule has 0 aliphatic carbocycles. The molecule has 1 aromatic rings. The lowest BCUT2D eigenvalue weighted by Gasteiger charge is -2.07. The summed E-state index contributed by atoms with van der Waals surface area (Å²) >= 11 is 3.29. The zero-order chi connectivity index (χ0) is 8.27. The molecule has 1 heterocycles. The zero-order valence-electron chi connectivity index (χ0n) is 6.93. The fraction of sp³-hybridized carbons (Fsp3) is 0.556. The predicted octanol–water partition coefficient (Wildman–Crippen LogP) is 3.95. The van der Waals surface area contributed by atoms with Crippen LogP contribution in [0.5, 0.6) is 0 Å². The van der Waals surface area contributed by atoms with Crippen molar-refractivity contribution in [2.24, 2.45) is 0 Å². The van der Waals surface area contributed by atoms with E-state index in [1.54, 1.807) is 0 Å². The molecule has 0 radical (unpaired) electrons. The second-order valence-corrected chi connectivity index (χ2v) is 3.44. The second-order valence-electron chi connectivity index (χ2n) is 2.66.